The van der Waals surface area contributed by atoms with Crippen molar-refractivity contribution in [2.45, 2.75) is 32.2 Å². The molecule has 0 bridgehead atoms. The molecular formula is C25H25NO. The number of hydrogen-bond donors (Lipinski definition) is 0. The second-order valence-corrected chi connectivity index (χ2v) is 7.33. The van der Waals surface area contributed by atoms with Crippen LogP contribution in [0.5, 0.6) is 0 Å². The van der Waals surface area contributed by atoms with Gasteiger partial charge in [-0.3, -0.25) is 4.79 Å². The first-order valence-electron chi connectivity index (χ1n) is 9.70. The first-order valence-corrected chi connectivity index (χ1v) is 9.70. The van der Waals surface area contributed by atoms with E-state index in [1.807, 2.05) is 18.2 Å². The molecule has 4 rings (SSSR count). The zero-order valence-corrected chi connectivity index (χ0v) is 15.8. The van der Waals surface area contributed by atoms with Gasteiger partial charge in [-0.1, -0.05) is 84.4 Å². The van der Waals surface area contributed by atoms with Crippen molar-refractivity contribution in [2.24, 2.45) is 0 Å². The molecule has 1 atom stereocenters. The molecule has 0 unspecified atom stereocenters. The van der Waals surface area contributed by atoms with Crippen molar-refractivity contribution < 1.29 is 4.79 Å². The topological polar surface area (TPSA) is 20.3 Å². The summed E-state index contributed by atoms with van der Waals surface area (Å²) in [5.74, 6) is 0.235. The van der Waals surface area contributed by atoms with Crippen molar-refractivity contribution >= 4 is 5.91 Å². The van der Waals surface area contributed by atoms with Crippen LogP contribution in [0.2, 0.25) is 0 Å². The lowest BCUT2D eigenvalue weighted by Crippen LogP contribution is -2.40. The molecule has 136 valence electrons. The van der Waals surface area contributed by atoms with Crippen LogP contribution in [0.4, 0.5) is 0 Å². The van der Waals surface area contributed by atoms with Crippen LogP contribution in [0, 0.1) is 6.92 Å². The minimum absolute atomic E-state index is 0.0128. The Morgan fingerprint density at radius 3 is 2.41 bits per heavy atom. The fourth-order valence-electron chi connectivity index (χ4n) is 3.98. The molecule has 1 amide bonds. The van der Waals surface area contributed by atoms with Crippen LogP contribution >= 0.6 is 0 Å². The summed E-state index contributed by atoms with van der Waals surface area (Å²) in [4.78, 5) is 15.2. The third-order valence-electron chi connectivity index (χ3n) is 5.47. The highest BCUT2D eigenvalue weighted by Crippen LogP contribution is 2.35. The molecular weight excluding hydrogens is 330 g/mol. The molecule has 2 heteroatoms. The number of carbonyl (C=O) groups excluding carboxylic acids is 1. The molecule has 0 saturated carbocycles. The second kappa shape index (κ2) is 7.79. The molecule has 3 aromatic carbocycles. The predicted octanol–water partition coefficient (Wildman–Crippen LogP) is 5.10. The minimum Gasteiger partial charge on any atom is -0.331 e. The van der Waals surface area contributed by atoms with Crippen LogP contribution in [0.1, 0.15) is 40.3 Å². The predicted molar refractivity (Wildman–Crippen MR) is 110 cm³/mol. The van der Waals surface area contributed by atoms with Crippen molar-refractivity contribution in [3.63, 3.8) is 0 Å². The number of rotatable bonds is 4. The van der Waals surface area contributed by atoms with Crippen molar-refractivity contribution in [1.29, 1.82) is 0 Å². The summed E-state index contributed by atoms with van der Waals surface area (Å²) in [7, 11) is 0. The van der Waals surface area contributed by atoms with Crippen molar-refractivity contribution in [3.05, 3.63) is 107 Å². The van der Waals surface area contributed by atoms with Gasteiger partial charge >= 0.3 is 0 Å². The highest BCUT2D eigenvalue weighted by Gasteiger charge is 2.31. The van der Waals surface area contributed by atoms with Crippen LogP contribution in [0.15, 0.2) is 78.9 Å². The van der Waals surface area contributed by atoms with E-state index in [0.29, 0.717) is 6.42 Å². The number of aryl methyl sites for hydroxylation is 2. The summed E-state index contributed by atoms with van der Waals surface area (Å²) in [6.45, 7) is 2.88. The first kappa shape index (κ1) is 17.5. The molecule has 1 aliphatic rings. The quantitative estimate of drug-likeness (QED) is 0.637. The van der Waals surface area contributed by atoms with E-state index in [1.54, 1.807) is 0 Å². The Kier molecular flexibility index (Phi) is 5.06. The molecule has 0 spiro atoms. The van der Waals surface area contributed by atoms with Crippen molar-refractivity contribution in [1.82, 2.24) is 4.90 Å². The lowest BCUT2D eigenvalue weighted by Gasteiger charge is -2.38. The van der Waals surface area contributed by atoms with E-state index < -0.39 is 0 Å². The molecule has 0 aliphatic carbocycles. The monoisotopic (exact) mass is 355 g/mol. The van der Waals surface area contributed by atoms with Gasteiger partial charge in [-0.05, 0) is 42.0 Å². The van der Waals surface area contributed by atoms with Crippen LogP contribution in [-0.4, -0.2) is 17.4 Å². The maximum Gasteiger partial charge on any atom is 0.223 e. The SMILES string of the molecule is Cc1ccc([C@@H]2c3ccccc3CCN2C(=O)CCc2ccccc2)cc1. The van der Waals surface area contributed by atoms with Gasteiger partial charge in [0.1, 0.15) is 0 Å². The van der Waals surface area contributed by atoms with Gasteiger partial charge in [0.25, 0.3) is 0 Å². The maximum atomic E-state index is 13.2. The maximum absolute atomic E-state index is 13.2. The van der Waals surface area contributed by atoms with Crippen LogP contribution < -0.4 is 0 Å². The number of amides is 1. The lowest BCUT2D eigenvalue weighted by atomic mass is 9.87. The Labute approximate surface area is 161 Å². The normalized spacial score (nSPS) is 16.0. The first-order chi connectivity index (χ1) is 13.2. The van der Waals surface area contributed by atoms with Gasteiger partial charge in [0.15, 0.2) is 0 Å². The number of nitrogens with zero attached hydrogens (tertiary/aromatic N) is 1. The summed E-state index contributed by atoms with van der Waals surface area (Å²) < 4.78 is 0. The molecule has 0 radical (unpaired) electrons. The van der Waals surface area contributed by atoms with Crippen molar-refractivity contribution in [2.75, 3.05) is 6.54 Å². The molecule has 1 heterocycles. The van der Waals surface area contributed by atoms with Gasteiger partial charge in [0.05, 0.1) is 6.04 Å². The van der Waals surface area contributed by atoms with Gasteiger partial charge in [-0.2, -0.15) is 0 Å². The summed E-state index contributed by atoms with van der Waals surface area (Å²) in [5, 5.41) is 0. The third-order valence-corrected chi connectivity index (χ3v) is 5.47. The van der Waals surface area contributed by atoms with Crippen molar-refractivity contribution in [3.8, 4) is 0 Å². The van der Waals surface area contributed by atoms with Crippen LogP contribution in [0.25, 0.3) is 0 Å². The summed E-state index contributed by atoms with van der Waals surface area (Å²) in [6.07, 6.45) is 2.27. The lowest BCUT2D eigenvalue weighted by molar-refractivity contribution is -0.133. The van der Waals surface area contributed by atoms with Gasteiger partial charge in [-0.15, -0.1) is 0 Å². The van der Waals surface area contributed by atoms with E-state index in [0.717, 1.165) is 19.4 Å². The molecule has 1 aliphatic heterocycles. The Morgan fingerprint density at radius 2 is 1.63 bits per heavy atom. The zero-order valence-electron chi connectivity index (χ0n) is 15.8. The fourth-order valence-corrected chi connectivity index (χ4v) is 3.98. The van der Waals surface area contributed by atoms with E-state index in [4.69, 9.17) is 0 Å². The third kappa shape index (κ3) is 3.80. The Balaban J connectivity index is 1.62. The average molecular weight is 355 g/mol. The highest BCUT2D eigenvalue weighted by atomic mass is 16.2. The van der Waals surface area contributed by atoms with Gasteiger partial charge in [0, 0.05) is 13.0 Å². The number of hydrogen-bond acceptors (Lipinski definition) is 1. The Hall–Kier alpha value is -2.87. The Morgan fingerprint density at radius 1 is 0.926 bits per heavy atom. The second-order valence-electron chi connectivity index (χ2n) is 7.33. The highest BCUT2D eigenvalue weighted by molar-refractivity contribution is 5.78. The fraction of sp³-hybridized carbons (Fsp3) is 0.240. The summed E-state index contributed by atoms with van der Waals surface area (Å²) in [5.41, 5.74) is 6.27. The zero-order chi connectivity index (χ0) is 18.6. The largest absolute Gasteiger partial charge is 0.331 e. The van der Waals surface area contributed by atoms with E-state index in [9.17, 15) is 4.79 Å². The molecule has 0 fully saturated rings. The number of carbonyl (C=O) groups is 1. The van der Waals surface area contributed by atoms with E-state index >= 15 is 0 Å². The number of fused-ring (bicyclic) bond motifs is 1. The molecule has 0 saturated heterocycles. The van der Waals surface area contributed by atoms with E-state index in [2.05, 4.69) is 72.5 Å². The van der Waals surface area contributed by atoms with Crippen LogP contribution in [0.3, 0.4) is 0 Å². The summed E-state index contributed by atoms with van der Waals surface area (Å²) in [6, 6.07) is 27.4. The van der Waals surface area contributed by atoms with Gasteiger partial charge in [0.2, 0.25) is 5.91 Å². The van der Waals surface area contributed by atoms with E-state index in [-0.39, 0.29) is 11.9 Å². The average Bonchev–Trinajstić information content (AvgIpc) is 2.72. The van der Waals surface area contributed by atoms with Gasteiger partial charge in [-0.25, -0.2) is 0 Å². The van der Waals surface area contributed by atoms with Gasteiger partial charge < -0.3 is 4.90 Å². The molecule has 0 N–H and O–H groups in total. The molecule has 0 aromatic heterocycles. The minimum atomic E-state index is 0.0128. The Bertz CT molecular complexity index is 915. The standard InChI is InChI=1S/C25H25NO/c1-19-11-14-22(15-12-19)25-23-10-6-5-9-21(23)17-18-26(25)24(27)16-13-20-7-3-2-4-8-20/h2-12,14-15,25H,13,16-18H2,1H3/t25-/m1/s1. The van der Waals surface area contributed by atoms with E-state index in [1.165, 1.54) is 27.8 Å². The smallest absolute Gasteiger partial charge is 0.223 e. The number of benzene rings is 3. The molecule has 27 heavy (non-hydrogen) atoms. The molecule has 2 nitrogen and oxygen atoms in total. The van der Waals surface area contributed by atoms with Crippen LogP contribution in [-0.2, 0) is 17.6 Å². The summed E-state index contributed by atoms with van der Waals surface area (Å²) >= 11 is 0. The molecule has 3 aromatic rings.